The molecule has 0 radical (unpaired) electrons. The molecule has 0 fully saturated rings. The fraction of sp³-hybridized carbons (Fsp3) is 0.219. The Bertz CT molecular complexity index is 1130. The normalized spacial score (nSPS) is 12.7. The van der Waals surface area contributed by atoms with Crippen LogP contribution in [0.1, 0.15) is 28.4 Å². The Kier molecular flexibility index (Phi) is 9.43. The second-order valence-corrected chi connectivity index (χ2v) is 8.92. The second kappa shape index (κ2) is 13.4. The average molecular weight is 480 g/mol. The van der Waals surface area contributed by atoms with E-state index in [4.69, 9.17) is 9.47 Å². The van der Waals surface area contributed by atoms with Crippen LogP contribution in [0.25, 0.3) is 0 Å². The van der Waals surface area contributed by atoms with Crippen LogP contribution in [-0.2, 0) is 33.8 Å². The maximum absolute atomic E-state index is 13.3. The Labute approximate surface area is 214 Å². The molecule has 2 atom stereocenters. The Morgan fingerprint density at radius 3 is 1.58 bits per heavy atom. The summed E-state index contributed by atoms with van der Waals surface area (Å²) in [6.45, 7) is 2.10. The molecule has 4 aromatic carbocycles. The minimum absolute atomic E-state index is 0.339. The van der Waals surface area contributed by atoms with Gasteiger partial charge >= 0.3 is 5.97 Å². The van der Waals surface area contributed by atoms with Gasteiger partial charge in [-0.15, -0.1) is 0 Å². The fourth-order valence-corrected chi connectivity index (χ4v) is 4.40. The van der Waals surface area contributed by atoms with Crippen molar-refractivity contribution < 1.29 is 14.3 Å². The highest BCUT2D eigenvalue weighted by Gasteiger charge is 2.26. The fourth-order valence-electron chi connectivity index (χ4n) is 4.40. The molecule has 4 rings (SSSR count). The minimum atomic E-state index is -0.763. The van der Waals surface area contributed by atoms with E-state index in [0.717, 1.165) is 24.2 Å². The molecule has 0 N–H and O–H groups in total. The van der Waals surface area contributed by atoms with E-state index in [-0.39, 0.29) is 12.1 Å². The predicted molar refractivity (Wildman–Crippen MR) is 143 cm³/mol. The van der Waals surface area contributed by atoms with Crippen LogP contribution in [0.3, 0.4) is 0 Å². The van der Waals surface area contributed by atoms with Gasteiger partial charge in [0.1, 0.15) is 6.10 Å². The molecular weight excluding hydrogens is 446 g/mol. The largest absolute Gasteiger partial charge is 0.458 e. The monoisotopic (exact) mass is 479 g/mol. The van der Waals surface area contributed by atoms with Gasteiger partial charge in [-0.3, -0.25) is 4.90 Å². The summed E-state index contributed by atoms with van der Waals surface area (Å²) in [6.07, 6.45) is -0.479. The van der Waals surface area contributed by atoms with E-state index in [2.05, 4.69) is 65.6 Å². The van der Waals surface area contributed by atoms with E-state index in [1.165, 1.54) is 11.1 Å². The van der Waals surface area contributed by atoms with Crippen molar-refractivity contribution in [1.82, 2.24) is 4.90 Å². The molecule has 0 saturated carbocycles. The molecule has 0 amide bonds. The van der Waals surface area contributed by atoms with Crippen LogP contribution >= 0.6 is 0 Å². The number of rotatable bonds is 12. The zero-order valence-electron chi connectivity index (χ0n) is 20.7. The van der Waals surface area contributed by atoms with Crippen LogP contribution < -0.4 is 0 Å². The van der Waals surface area contributed by atoms with Crippen LogP contribution in [0.5, 0.6) is 0 Å². The van der Waals surface area contributed by atoms with Crippen molar-refractivity contribution in [3.8, 4) is 0 Å². The summed E-state index contributed by atoms with van der Waals surface area (Å²) in [4.78, 5) is 15.7. The second-order valence-electron chi connectivity index (χ2n) is 8.92. The molecule has 0 spiro atoms. The van der Waals surface area contributed by atoms with Crippen LogP contribution in [0.15, 0.2) is 121 Å². The standard InChI is InChI=1S/C32H33NO3/c1-35-31(29-20-12-5-13-21-29)32(34)36-30(22-26-14-6-2-7-15-26)25-33(23-27-16-8-3-9-17-27)24-28-18-10-4-11-19-28/h2-21,30-31H,22-25H2,1H3/t30-,31+/m1/s1. The first-order valence-electron chi connectivity index (χ1n) is 12.3. The summed E-state index contributed by atoms with van der Waals surface area (Å²) in [6, 6.07) is 40.5. The van der Waals surface area contributed by atoms with E-state index < -0.39 is 6.10 Å². The first kappa shape index (κ1) is 25.4. The molecule has 0 aliphatic heterocycles. The van der Waals surface area contributed by atoms with E-state index in [1.54, 1.807) is 7.11 Å². The van der Waals surface area contributed by atoms with Crippen LogP contribution in [0.2, 0.25) is 0 Å². The molecule has 0 saturated heterocycles. The lowest BCUT2D eigenvalue weighted by molar-refractivity contribution is -0.162. The molecule has 4 nitrogen and oxygen atoms in total. The molecule has 0 heterocycles. The number of esters is 1. The summed E-state index contributed by atoms with van der Waals surface area (Å²) < 4.78 is 11.7. The summed E-state index contributed by atoms with van der Waals surface area (Å²) in [5, 5.41) is 0. The highest BCUT2D eigenvalue weighted by atomic mass is 16.6. The van der Waals surface area contributed by atoms with Gasteiger partial charge in [0.05, 0.1) is 0 Å². The highest BCUT2D eigenvalue weighted by Crippen LogP contribution is 2.21. The third kappa shape index (κ3) is 7.64. The smallest absolute Gasteiger partial charge is 0.340 e. The number of carbonyl (C=O) groups is 1. The average Bonchev–Trinajstić information content (AvgIpc) is 2.91. The van der Waals surface area contributed by atoms with Crippen molar-refractivity contribution in [2.45, 2.75) is 31.7 Å². The third-order valence-electron chi connectivity index (χ3n) is 6.10. The summed E-state index contributed by atoms with van der Waals surface area (Å²) in [5.74, 6) is -0.371. The van der Waals surface area contributed by atoms with Crippen molar-refractivity contribution in [2.24, 2.45) is 0 Å². The number of methoxy groups -OCH3 is 1. The quantitative estimate of drug-likeness (QED) is 0.226. The SMILES string of the molecule is CO[C@H](C(=O)O[C@H](Cc1ccccc1)CN(Cc1ccccc1)Cc1ccccc1)c1ccccc1. The van der Waals surface area contributed by atoms with E-state index in [9.17, 15) is 4.79 Å². The number of hydrogen-bond donors (Lipinski definition) is 0. The van der Waals surface area contributed by atoms with Crippen LogP contribution in [0, 0.1) is 0 Å². The van der Waals surface area contributed by atoms with Crippen LogP contribution in [0.4, 0.5) is 0 Å². The minimum Gasteiger partial charge on any atom is -0.458 e. The van der Waals surface area contributed by atoms with E-state index in [1.807, 2.05) is 60.7 Å². The molecule has 4 heteroatoms. The van der Waals surface area contributed by atoms with Crippen molar-refractivity contribution >= 4 is 5.97 Å². The number of benzene rings is 4. The lowest BCUT2D eigenvalue weighted by Crippen LogP contribution is -2.37. The summed E-state index contributed by atoms with van der Waals surface area (Å²) in [7, 11) is 1.54. The zero-order chi connectivity index (χ0) is 25.0. The number of ether oxygens (including phenoxy) is 2. The summed E-state index contributed by atoms with van der Waals surface area (Å²) >= 11 is 0. The lowest BCUT2D eigenvalue weighted by Gasteiger charge is -2.29. The van der Waals surface area contributed by atoms with Gasteiger partial charge in [0.15, 0.2) is 6.10 Å². The molecule has 0 unspecified atom stereocenters. The van der Waals surface area contributed by atoms with Gasteiger partial charge in [0.2, 0.25) is 0 Å². The molecule has 4 aromatic rings. The van der Waals surface area contributed by atoms with Gasteiger partial charge in [-0.05, 0) is 22.3 Å². The number of carbonyl (C=O) groups excluding carboxylic acids is 1. The van der Waals surface area contributed by atoms with Gasteiger partial charge in [-0.25, -0.2) is 4.79 Å². The summed E-state index contributed by atoms with van der Waals surface area (Å²) in [5.41, 5.74) is 4.35. The van der Waals surface area contributed by atoms with Gasteiger partial charge in [-0.2, -0.15) is 0 Å². The molecular formula is C32H33NO3. The predicted octanol–water partition coefficient (Wildman–Crippen LogP) is 6.23. The lowest BCUT2D eigenvalue weighted by atomic mass is 10.1. The molecule has 184 valence electrons. The van der Waals surface area contributed by atoms with Crippen molar-refractivity contribution in [3.63, 3.8) is 0 Å². The Balaban J connectivity index is 1.56. The van der Waals surface area contributed by atoms with Crippen molar-refractivity contribution in [3.05, 3.63) is 144 Å². The molecule has 36 heavy (non-hydrogen) atoms. The zero-order valence-corrected chi connectivity index (χ0v) is 20.7. The Hall–Kier alpha value is -3.73. The van der Waals surface area contributed by atoms with Gasteiger partial charge in [0, 0.05) is 33.2 Å². The number of nitrogens with zero attached hydrogens (tertiary/aromatic N) is 1. The molecule has 0 aromatic heterocycles. The number of hydrogen-bond acceptors (Lipinski definition) is 4. The van der Waals surface area contributed by atoms with Gasteiger partial charge < -0.3 is 9.47 Å². The Morgan fingerprint density at radius 1 is 0.667 bits per heavy atom. The molecule has 0 bridgehead atoms. The Morgan fingerprint density at radius 2 is 1.11 bits per heavy atom. The maximum atomic E-state index is 13.3. The first-order valence-corrected chi connectivity index (χ1v) is 12.3. The first-order chi connectivity index (χ1) is 17.7. The topological polar surface area (TPSA) is 38.8 Å². The third-order valence-corrected chi connectivity index (χ3v) is 6.10. The van der Waals surface area contributed by atoms with Crippen LogP contribution in [-0.4, -0.2) is 30.6 Å². The van der Waals surface area contributed by atoms with E-state index in [0.29, 0.717) is 13.0 Å². The van der Waals surface area contributed by atoms with Crippen molar-refractivity contribution in [1.29, 1.82) is 0 Å². The van der Waals surface area contributed by atoms with Gasteiger partial charge in [0.25, 0.3) is 0 Å². The maximum Gasteiger partial charge on any atom is 0.340 e. The molecule has 0 aliphatic rings. The van der Waals surface area contributed by atoms with E-state index >= 15 is 0 Å². The molecule has 0 aliphatic carbocycles. The highest BCUT2D eigenvalue weighted by molar-refractivity contribution is 5.76. The van der Waals surface area contributed by atoms with Crippen molar-refractivity contribution in [2.75, 3.05) is 13.7 Å². The van der Waals surface area contributed by atoms with Gasteiger partial charge in [-0.1, -0.05) is 121 Å².